The molecular formula is C24H27NO6. The summed E-state index contributed by atoms with van der Waals surface area (Å²) in [6.45, 7) is 1.82. The van der Waals surface area contributed by atoms with Gasteiger partial charge in [-0.3, -0.25) is 14.4 Å². The third-order valence-corrected chi connectivity index (χ3v) is 5.01. The Balaban J connectivity index is 1.41. The first kappa shape index (κ1) is 22.3. The number of hydrogen-bond acceptors (Lipinski definition) is 6. The fourth-order valence-corrected chi connectivity index (χ4v) is 3.07. The van der Waals surface area contributed by atoms with E-state index in [1.54, 1.807) is 36.3 Å². The van der Waals surface area contributed by atoms with Crippen LogP contribution in [0.2, 0.25) is 0 Å². The van der Waals surface area contributed by atoms with Gasteiger partial charge in [0, 0.05) is 18.2 Å². The molecule has 0 aromatic heterocycles. The molecule has 7 nitrogen and oxygen atoms in total. The van der Waals surface area contributed by atoms with E-state index in [1.165, 1.54) is 6.92 Å². The van der Waals surface area contributed by atoms with Gasteiger partial charge < -0.3 is 19.1 Å². The van der Waals surface area contributed by atoms with Crippen LogP contribution in [0, 0.1) is 0 Å². The number of esters is 1. The van der Waals surface area contributed by atoms with Gasteiger partial charge in [0.2, 0.25) is 0 Å². The lowest BCUT2D eigenvalue weighted by Gasteiger charge is -2.22. The van der Waals surface area contributed by atoms with Crippen LogP contribution in [0.5, 0.6) is 11.5 Å². The number of hydrogen-bond donors (Lipinski definition) is 0. The number of carbonyl (C=O) groups is 3. The molecule has 0 bridgehead atoms. The fraction of sp³-hybridized carbons (Fsp3) is 0.375. The molecule has 1 aliphatic rings. The second-order valence-electron chi connectivity index (χ2n) is 7.44. The molecule has 7 heteroatoms. The molecule has 0 radical (unpaired) electrons. The zero-order chi connectivity index (χ0) is 22.2. The van der Waals surface area contributed by atoms with Crippen molar-refractivity contribution in [1.29, 1.82) is 0 Å². The standard InChI is InChI=1S/C24H27NO6/c1-17(26)19-5-11-22(12-6-19)30-14-13-24(28)31-16-23(27)25(20-7-8-20)15-18-3-9-21(29-2)10-4-18/h3-6,9-12,20H,7-8,13-16H2,1-2H3. The van der Waals surface area contributed by atoms with Crippen LogP contribution < -0.4 is 9.47 Å². The molecule has 0 heterocycles. The van der Waals surface area contributed by atoms with Gasteiger partial charge in [-0.15, -0.1) is 0 Å². The summed E-state index contributed by atoms with van der Waals surface area (Å²) >= 11 is 0. The summed E-state index contributed by atoms with van der Waals surface area (Å²) in [6.07, 6.45) is 1.96. The Kier molecular flexibility index (Phi) is 7.65. The van der Waals surface area contributed by atoms with Crippen molar-refractivity contribution in [3.05, 3.63) is 59.7 Å². The number of carbonyl (C=O) groups excluding carboxylic acids is 3. The third kappa shape index (κ3) is 6.84. The summed E-state index contributed by atoms with van der Waals surface area (Å²) in [5.74, 6) is 0.612. The largest absolute Gasteiger partial charge is 0.497 e. The summed E-state index contributed by atoms with van der Waals surface area (Å²) < 4.78 is 15.8. The van der Waals surface area contributed by atoms with Gasteiger partial charge in [0.1, 0.15) is 11.5 Å². The lowest BCUT2D eigenvalue weighted by Crippen LogP contribution is -2.36. The molecule has 2 aromatic rings. The Morgan fingerprint density at radius 3 is 2.19 bits per heavy atom. The summed E-state index contributed by atoms with van der Waals surface area (Å²) in [5, 5.41) is 0. The van der Waals surface area contributed by atoms with Gasteiger partial charge in [0.15, 0.2) is 12.4 Å². The topological polar surface area (TPSA) is 82.1 Å². The van der Waals surface area contributed by atoms with Crippen LogP contribution in [0.25, 0.3) is 0 Å². The minimum Gasteiger partial charge on any atom is -0.497 e. The minimum absolute atomic E-state index is 0.0213. The zero-order valence-corrected chi connectivity index (χ0v) is 17.8. The molecule has 0 N–H and O–H groups in total. The van der Waals surface area contributed by atoms with Crippen molar-refractivity contribution >= 4 is 17.7 Å². The van der Waals surface area contributed by atoms with Gasteiger partial charge in [-0.1, -0.05) is 12.1 Å². The van der Waals surface area contributed by atoms with Crippen molar-refractivity contribution in [2.75, 3.05) is 20.3 Å². The maximum absolute atomic E-state index is 12.6. The predicted molar refractivity (Wildman–Crippen MR) is 114 cm³/mol. The van der Waals surface area contributed by atoms with E-state index < -0.39 is 5.97 Å². The normalized spacial score (nSPS) is 12.7. The Morgan fingerprint density at radius 1 is 0.968 bits per heavy atom. The molecule has 1 saturated carbocycles. The van der Waals surface area contributed by atoms with E-state index >= 15 is 0 Å². The zero-order valence-electron chi connectivity index (χ0n) is 17.8. The van der Waals surface area contributed by atoms with E-state index in [1.807, 2.05) is 24.3 Å². The fourth-order valence-electron chi connectivity index (χ4n) is 3.07. The number of Topliss-reactive ketones (excluding diaryl/α,β-unsaturated/α-hetero) is 1. The maximum atomic E-state index is 12.6. The summed E-state index contributed by atoms with van der Waals surface area (Å²) in [6, 6.07) is 14.5. The average molecular weight is 425 g/mol. The van der Waals surface area contributed by atoms with Crippen molar-refractivity contribution < 1.29 is 28.6 Å². The predicted octanol–water partition coefficient (Wildman–Crippen LogP) is 3.40. The van der Waals surface area contributed by atoms with Crippen molar-refractivity contribution in [3.63, 3.8) is 0 Å². The van der Waals surface area contributed by atoms with Gasteiger partial charge in [0.25, 0.3) is 5.91 Å². The van der Waals surface area contributed by atoms with Crippen molar-refractivity contribution in [2.45, 2.75) is 38.8 Å². The van der Waals surface area contributed by atoms with Crippen LogP contribution in [-0.4, -0.2) is 48.9 Å². The maximum Gasteiger partial charge on any atom is 0.309 e. The van der Waals surface area contributed by atoms with E-state index in [0.717, 1.165) is 24.2 Å². The molecule has 0 unspecified atom stereocenters. The Labute approximate surface area is 181 Å². The summed E-state index contributed by atoms with van der Waals surface area (Å²) in [7, 11) is 1.61. The van der Waals surface area contributed by atoms with Crippen molar-refractivity contribution in [1.82, 2.24) is 4.90 Å². The van der Waals surface area contributed by atoms with Gasteiger partial charge in [0.05, 0.1) is 20.1 Å². The first-order valence-electron chi connectivity index (χ1n) is 10.3. The van der Waals surface area contributed by atoms with E-state index in [9.17, 15) is 14.4 Å². The van der Waals surface area contributed by atoms with E-state index in [-0.39, 0.29) is 37.4 Å². The average Bonchev–Trinajstić information content (AvgIpc) is 3.62. The van der Waals surface area contributed by atoms with Crippen LogP contribution >= 0.6 is 0 Å². The molecule has 2 aromatic carbocycles. The van der Waals surface area contributed by atoms with Crippen LogP contribution in [0.1, 0.15) is 42.1 Å². The Bertz CT molecular complexity index is 903. The highest BCUT2D eigenvalue weighted by Gasteiger charge is 2.32. The number of rotatable bonds is 11. The SMILES string of the molecule is COc1ccc(CN(C(=O)COC(=O)CCOc2ccc(C(C)=O)cc2)C2CC2)cc1. The lowest BCUT2D eigenvalue weighted by molar-refractivity contribution is -0.153. The highest BCUT2D eigenvalue weighted by molar-refractivity contribution is 5.94. The van der Waals surface area contributed by atoms with Crippen LogP contribution in [0.15, 0.2) is 48.5 Å². The quantitative estimate of drug-likeness (QED) is 0.405. The highest BCUT2D eigenvalue weighted by atomic mass is 16.5. The lowest BCUT2D eigenvalue weighted by atomic mass is 10.1. The smallest absolute Gasteiger partial charge is 0.309 e. The van der Waals surface area contributed by atoms with Crippen molar-refractivity contribution in [3.8, 4) is 11.5 Å². The molecule has 0 atom stereocenters. The van der Waals surface area contributed by atoms with Crippen LogP contribution in [-0.2, 0) is 20.9 Å². The minimum atomic E-state index is -0.492. The van der Waals surface area contributed by atoms with E-state index in [4.69, 9.17) is 14.2 Å². The van der Waals surface area contributed by atoms with Gasteiger partial charge in [-0.25, -0.2) is 0 Å². The van der Waals surface area contributed by atoms with E-state index in [0.29, 0.717) is 17.9 Å². The number of amides is 1. The first-order valence-corrected chi connectivity index (χ1v) is 10.3. The van der Waals surface area contributed by atoms with Crippen molar-refractivity contribution in [2.24, 2.45) is 0 Å². The molecule has 31 heavy (non-hydrogen) atoms. The monoisotopic (exact) mass is 425 g/mol. The second kappa shape index (κ2) is 10.6. The molecule has 0 spiro atoms. The molecular weight excluding hydrogens is 398 g/mol. The van der Waals surface area contributed by atoms with Gasteiger partial charge >= 0.3 is 5.97 Å². The molecule has 1 fully saturated rings. The Hall–Kier alpha value is -3.35. The third-order valence-electron chi connectivity index (χ3n) is 5.01. The number of nitrogens with zero attached hydrogens (tertiary/aromatic N) is 1. The first-order chi connectivity index (χ1) is 15.0. The van der Waals surface area contributed by atoms with Gasteiger partial charge in [-0.05, 0) is 61.7 Å². The van der Waals surface area contributed by atoms with Crippen LogP contribution in [0.4, 0.5) is 0 Å². The number of benzene rings is 2. The number of ketones is 1. The molecule has 0 aliphatic heterocycles. The van der Waals surface area contributed by atoms with Crippen LogP contribution in [0.3, 0.4) is 0 Å². The van der Waals surface area contributed by atoms with E-state index in [2.05, 4.69) is 0 Å². The molecule has 0 saturated heterocycles. The molecule has 164 valence electrons. The Morgan fingerprint density at radius 2 is 1.61 bits per heavy atom. The number of methoxy groups -OCH3 is 1. The van der Waals surface area contributed by atoms with Gasteiger partial charge in [-0.2, -0.15) is 0 Å². The highest BCUT2D eigenvalue weighted by Crippen LogP contribution is 2.29. The summed E-state index contributed by atoms with van der Waals surface area (Å²) in [4.78, 5) is 37.6. The molecule has 1 amide bonds. The molecule has 1 aliphatic carbocycles. The summed E-state index contributed by atoms with van der Waals surface area (Å²) in [5.41, 5.74) is 1.59. The number of ether oxygens (including phenoxy) is 3. The molecule has 3 rings (SSSR count). The second-order valence-corrected chi connectivity index (χ2v) is 7.44.